The van der Waals surface area contributed by atoms with Crippen molar-refractivity contribution in [3.8, 4) is 5.75 Å². The van der Waals surface area contributed by atoms with Crippen LogP contribution in [0.1, 0.15) is 33.3 Å². The summed E-state index contributed by atoms with van der Waals surface area (Å²) in [6.45, 7) is 8.39. The summed E-state index contributed by atoms with van der Waals surface area (Å²) in [6, 6.07) is 7.75. The highest BCUT2D eigenvalue weighted by Crippen LogP contribution is 2.37. The van der Waals surface area contributed by atoms with Crippen molar-refractivity contribution in [1.29, 1.82) is 0 Å². The summed E-state index contributed by atoms with van der Waals surface area (Å²) in [5.41, 5.74) is 0.219. The summed E-state index contributed by atoms with van der Waals surface area (Å²) in [6.07, 6.45) is 0. The molecule has 2 rings (SSSR count). The first-order chi connectivity index (χ1) is 8.86. The summed E-state index contributed by atoms with van der Waals surface area (Å²) in [7, 11) is 1.00. The van der Waals surface area contributed by atoms with Gasteiger partial charge in [0.15, 0.2) is 0 Å². The quantitative estimate of drug-likeness (QED) is 0.783. The van der Waals surface area contributed by atoms with Crippen LogP contribution in [0.5, 0.6) is 5.75 Å². The molecule has 1 saturated heterocycles. The van der Waals surface area contributed by atoms with Crippen molar-refractivity contribution in [2.75, 3.05) is 7.11 Å². The van der Waals surface area contributed by atoms with Gasteiger partial charge in [0.2, 0.25) is 0 Å². The van der Waals surface area contributed by atoms with Crippen LogP contribution in [0.3, 0.4) is 0 Å². The van der Waals surface area contributed by atoms with E-state index in [2.05, 4.69) is 0 Å². The first kappa shape index (κ1) is 14.4. The Bertz CT molecular complexity index is 429. The molecule has 5 heteroatoms. The van der Waals surface area contributed by atoms with Crippen LogP contribution in [0.15, 0.2) is 24.3 Å². The van der Waals surface area contributed by atoms with Crippen molar-refractivity contribution >= 4 is 7.32 Å². The monoisotopic (exact) mass is 264 g/mol. The Labute approximate surface area is 115 Å². The minimum atomic E-state index is -0.644. The number of para-hydroxylation sites is 1. The van der Waals surface area contributed by atoms with Crippen LogP contribution in [-0.4, -0.2) is 25.6 Å². The molecule has 104 valence electrons. The van der Waals surface area contributed by atoms with Crippen molar-refractivity contribution < 1.29 is 18.7 Å². The van der Waals surface area contributed by atoms with Crippen molar-refractivity contribution in [3.05, 3.63) is 29.8 Å². The number of rotatable bonds is 4. The van der Waals surface area contributed by atoms with Crippen LogP contribution in [-0.2, 0) is 20.6 Å². The smallest absolute Gasteiger partial charge is 0.496 e. The SMILES string of the molecule is COc1ccccc1COB1OC(C)(C)C(C)(C)O1. The lowest BCUT2D eigenvalue weighted by Gasteiger charge is -2.31. The molecule has 0 bridgehead atoms. The zero-order chi connectivity index (χ0) is 14.1. The van der Waals surface area contributed by atoms with Crippen molar-refractivity contribution in [2.24, 2.45) is 0 Å². The molecule has 0 radical (unpaired) electrons. The molecule has 0 spiro atoms. The van der Waals surface area contributed by atoms with Gasteiger partial charge in [-0.25, -0.2) is 0 Å². The predicted molar refractivity (Wildman–Crippen MR) is 73.9 cm³/mol. The van der Waals surface area contributed by atoms with E-state index in [0.717, 1.165) is 11.3 Å². The second-order valence-corrected chi connectivity index (χ2v) is 5.67. The Kier molecular flexibility index (Phi) is 3.90. The van der Waals surface area contributed by atoms with E-state index in [1.807, 2.05) is 52.0 Å². The van der Waals surface area contributed by atoms with E-state index in [4.69, 9.17) is 18.7 Å². The van der Waals surface area contributed by atoms with Crippen LogP contribution in [0.2, 0.25) is 0 Å². The van der Waals surface area contributed by atoms with E-state index in [1.165, 1.54) is 0 Å². The first-order valence-electron chi connectivity index (χ1n) is 6.45. The third kappa shape index (κ3) is 2.94. The minimum absolute atomic E-state index is 0.377. The number of hydrogen-bond acceptors (Lipinski definition) is 4. The molecule has 0 saturated carbocycles. The Morgan fingerprint density at radius 3 is 2.21 bits per heavy atom. The van der Waals surface area contributed by atoms with Gasteiger partial charge < -0.3 is 18.7 Å². The van der Waals surface area contributed by atoms with Crippen LogP contribution in [0.4, 0.5) is 0 Å². The maximum atomic E-state index is 5.77. The molecule has 1 aromatic carbocycles. The average molecular weight is 264 g/mol. The van der Waals surface area contributed by atoms with E-state index in [1.54, 1.807) is 7.11 Å². The van der Waals surface area contributed by atoms with Gasteiger partial charge in [-0.05, 0) is 33.8 Å². The lowest BCUT2D eigenvalue weighted by Crippen LogP contribution is -2.41. The van der Waals surface area contributed by atoms with Gasteiger partial charge in [-0.2, -0.15) is 0 Å². The van der Waals surface area contributed by atoms with Gasteiger partial charge in [0, 0.05) is 5.56 Å². The molecule has 1 aliphatic heterocycles. The summed E-state index contributed by atoms with van der Waals surface area (Å²) >= 11 is 0. The molecule has 1 fully saturated rings. The Hall–Kier alpha value is -1.04. The molecule has 19 heavy (non-hydrogen) atoms. The molecule has 0 N–H and O–H groups in total. The fourth-order valence-electron chi connectivity index (χ4n) is 1.84. The van der Waals surface area contributed by atoms with E-state index in [9.17, 15) is 0 Å². The molecular formula is C14H21BO4. The number of methoxy groups -OCH3 is 1. The Morgan fingerprint density at radius 2 is 1.63 bits per heavy atom. The van der Waals surface area contributed by atoms with Gasteiger partial charge in [-0.1, -0.05) is 18.2 Å². The summed E-state index contributed by atoms with van der Waals surface area (Å²) in [4.78, 5) is 0. The molecule has 0 aliphatic carbocycles. The zero-order valence-corrected chi connectivity index (χ0v) is 12.2. The molecule has 0 atom stereocenters. The second-order valence-electron chi connectivity index (χ2n) is 5.67. The van der Waals surface area contributed by atoms with Gasteiger partial charge in [0.1, 0.15) is 5.75 Å². The summed E-state index contributed by atoms with van der Waals surface area (Å²) < 4.78 is 22.5. The molecule has 4 nitrogen and oxygen atoms in total. The van der Waals surface area contributed by atoms with E-state index >= 15 is 0 Å². The Morgan fingerprint density at radius 1 is 1.05 bits per heavy atom. The normalized spacial score (nSPS) is 20.6. The largest absolute Gasteiger partial charge is 0.640 e. The highest BCUT2D eigenvalue weighted by Gasteiger charge is 2.52. The molecule has 1 aliphatic rings. The van der Waals surface area contributed by atoms with Crippen LogP contribution in [0, 0.1) is 0 Å². The minimum Gasteiger partial charge on any atom is -0.496 e. The first-order valence-corrected chi connectivity index (χ1v) is 6.45. The lowest BCUT2D eigenvalue weighted by molar-refractivity contribution is 0.00578. The molecule has 0 amide bonds. The van der Waals surface area contributed by atoms with Crippen LogP contribution >= 0.6 is 0 Å². The highest BCUT2D eigenvalue weighted by atomic mass is 16.8. The Balaban J connectivity index is 1.97. The molecule has 0 unspecified atom stereocenters. The maximum absolute atomic E-state index is 5.77. The van der Waals surface area contributed by atoms with Gasteiger partial charge >= 0.3 is 7.32 Å². The van der Waals surface area contributed by atoms with Crippen LogP contribution < -0.4 is 4.74 Å². The third-order valence-electron chi connectivity index (χ3n) is 3.80. The highest BCUT2D eigenvalue weighted by molar-refractivity contribution is 6.37. The van der Waals surface area contributed by atoms with Crippen LogP contribution in [0.25, 0.3) is 0 Å². The summed E-state index contributed by atoms with van der Waals surface area (Å²) in [5.74, 6) is 0.805. The average Bonchev–Trinajstić information content (AvgIpc) is 2.55. The molecule has 1 aromatic rings. The van der Waals surface area contributed by atoms with Gasteiger partial charge in [-0.15, -0.1) is 0 Å². The van der Waals surface area contributed by atoms with Gasteiger partial charge in [0.25, 0.3) is 0 Å². The van der Waals surface area contributed by atoms with E-state index in [-0.39, 0.29) is 11.2 Å². The van der Waals surface area contributed by atoms with Crippen molar-refractivity contribution in [2.45, 2.75) is 45.5 Å². The standard InChI is InChI=1S/C14H21BO4/c1-13(2)14(3,4)19-15(18-13)17-10-11-8-6-7-9-12(11)16-5/h6-9H,10H2,1-5H3. The molecular weight excluding hydrogens is 243 g/mol. The third-order valence-corrected chi connectivity index (χ3v) is 3.80. The van der Waals surface area contributed by atoms with E-state index < -0.39 is 7.32 Å². The zero-order valence-electron chi connectivity index (χ0n) is 12.2. The van der Waals surface area contributed by atoms with Gasteiger partial charge in [-0.3, -0.25) is 0 Å². The number of ether oxygens (including phenoxy) is 1. The van der Waals surface area contributed by atoms with E-state index in [0.29, 0.717) is 6.61 Å². The summed E-state index contributed by atoms with van der Waals surface area (Å²) in [5, 5.41) is 0. The topological polar surface area (TPSA) is 36.9 Å². The van der Waals surface area contributed by atoms with Crippen molar-refractivity contribution in [3.63, 3.8) is 0 Å². The lowest BCUT2D eigenvalue weighted by atomic mass is 9.90. The number of hydrogen-bond donors (Lipinski definition) is 0. The maximum Gasteiger partial charge on any atom is 0.640 e. The molecule has 1 heterocycles. The fraction of sp³-hybridized carbons (Fsp3) is 0.571. The van der Waals surface area contributed by atoms with Gasteiger partial charge in [0.05, 0.1) is 24.9 Å². The fourth-order valence-corrected chi connectivity index (χ4v) is 1.84. The molecule has 0 aromatic heterocycles. The predicted octanol–water partition coefficient (Wildman–Crippen LogP) is 2.80. The number of benzene rings is 1. The second kappa shape index (κ2) is 5.15. The van der Waals surface area contributed by atoms with Crippen molar-refractivity contribution in [1.82, 2.24) is 0 Å².